The van der Waals surface area contributed by atoms with E-state index in [1.165, 1.54) is 18.2 Å². The van der Waals surface area contributed by atoms with Crippen molar-refractivity contribution in [3.8, 4) is 18.1 Å². The van der Waals surface area contributed by atoms with Gasteiger partial charge in [-0.05, 0) is 24.4 Å². The van der Waals surface area contributed by atoms with E-state index >= 15 is 0 Å². The molecule has 0 spiro atoms. The molecule has 0 aromatic heterocycles. The standard InChI is InChI=1S/C10H6FNOS/c1-2-5-13-8-3-4-9(11)10(6-8)12-7-14/h1,3-4,6H,5H2. The van der Waals surface area contributed by atoms with E-state index in [2.05, 4.69) is 28.3 Å². The van der Waals surface area contributed by atoms with Crippen molar-refractivity contribution in [3.63, 3.8) is 0 Å². The van der Waals surface area contributed by atoms with Crippen LogP contribution in [0.1, 0.15) is 0 Å². The molecule has 1 aromatic rings. The van der Waals surface area contributed by atoms with Crippen LogP contribution in [0, 0.1) is 18.2 Å². The summed E-state index contributed by atoms with van der Waals surface area (Å²) in [5.74, 6) is 2.28. The van der Waals surface area contributed by atoms with Gasteiger partial charge in [0.2, 0.25) is 0 Å². The predicted octanol–water partition coefficient (Wildman–Crippen LogP) is 2.57. The van der Waals surface area contributed by atoms with Crippen molar-refractivity contribution in [1.82, 2.24) is 0 Å². The molecule has 0 unspecified atom stereocenters. The zero-order valence-corrected chi connectivity index (χ0v) is 7.97. The summed E-state index contributed by atoms with van der Waals surface area (Å²) in [6, 6.07) is 4.11. The Balaban J connectivity index is 2.95. The van der Waals surface area contributed by atoms with Crippen LogP contribution < -0.4 is 4.74 Å². The summed E-state index contributed by atoms with van der Waals surface area (Å²) in [5, 5.41) is 2.08. The molecule has 1 rings (SSSR count). The molecule has 0 aliphatic rings. The number of benzene rings is 1. The molecule has 0 fully saturated rings. The van der Waals surface area contributed by atoms with Gasteiger partial charge in [-0.15, -0.1) is 6.42 Å². The van der Waals surface area contributed by atoms with Gasteiger partial charge < -0.3 is 4.74 Å². The number of aliphatic imine (C=N–C) groups is 1. The number of hydrogen-bond acceptors (Lipinski definition) is 3. The second kappa shape index (κ2) is 5.13. The average Bonchev–Trinajstić information content (AvgIpc) is 2.19. The minimum Gasteiger partial charge on any atom is -0.481 e. The van der Waals surface area contributed by atoms with E-state index < -0.39 is 5.82 Å². The van der Waals surface area contributed by atoms with Gasteiger partial charge >= 0.3 is 0 Å². The monoisotopic (exact) mass is 207 g/mol. The zero-order chi connectivity index (χ0) is 10.4. The molecule has 0 aliphatic heterocycles. The number of thiocarbonyl (C=S) groups is 1. The van der Waals surface area contributed by atoms with Gasteiger partial charge in [0.05, 0.1) is 5.16 Å². The smallest absolute Gasteiger partial charge is 0.149 e. The number of rotatable bonds is 3. The zero-order valence-electron chi connectivity index (χ0n) is 7.16. The van der Waals surface area contributed by atoms with E-state index in [0.29, 0.717) is 5.75 Å². The SMILES string of the molecule is C#CCOc1ccc(F)c(N=C=S)c1. The summed E-state index contributed by atoms with van der Waals surface area (Å²) in [7, 11) is 0. The van der Waals surface area contributed by atoms with E-state index in [0.717, 1.165) is 0 Å². The summed E-state index contributed by atoms with van der Waals surface area (Å²) >= 11 is 4.37. The third kappa shape index (κ3) is 2.67. The molecule has 0 bridgehead atoms. The van der Waals surface area contributed by atoms with Crippen molar-refractivity contribution < 1.29 is 9.13 Å². The fourth-order valence-corrected chi connectivity index (χ4v) is 0.940. The summed E-state index contributed by atoms with van der Waals surface area (Å²) in [5.41, 5.74) is 0.0921. The highest BCUT2D eigenvalue weighted by Gasteiger charge is 2.02. The first-order chi connectivity index (χ1) is 6.77. The molecule has 2 nitrogen and oxygen atoms in total. The summed E-state index contributed by atoms with van der Waals surface area (Å²) in [4.78, 5) is 3.53. The highest BCUT2D eigenvalue weighted by molar-refractivity contribution is 7.78. The van der Waals surface area contributed by atoms with E-state index in [4.69, 9.17) is 11.2 Å². The van der Waals surface area contributed by atoms with E-state index in [1.54, 1.807) is 0 Å². The molecule has 14 heavy (non-hydrogen) atoms. The first-order valence-electron chi connectivity index (χ1n) is 3.71. The number of hydrogen-bond donors (Lipinski definition) is 0. The molecule has 0 saturated carbocycles. The molecule has 0 amide bonds. The topological polar surface area (TPSA) is 21.6 Å². The van der Waals surface area contributed by atoms with Crippen LogP contribution in [0.15, 0.2) is 23.2 Å². The average molecular weight is 207 g/mol. The Bertz CT molecular complexity index is 419. The molecule has 0 atom stereocenters. The minimum atomic E-state index is -0.476. The van der Waals surface area contributed by atoms with Gasteiger partial charge in [-0.1, -0.05) is 5.92 Å². The summed E-state index contributed by atoms with van der Waals surface area (Å²) < 4.78 is 18.1. The number of terminal acetylenes is 1. The van der Waals surface area contributed by atoms with Crippen molar-refractivity contribution in [2.45, 2.75) is 0 Å². The number of nitrogens with zero attached hydrogens (tertiary/aromatic N) is 1. The van der Waals surface area contributed by atoms with Crippen LogP contribution in [0.25, 0.3) is 0 Å². The number of isothiocyanates is 1. The van der Waals surface area contributed by atoms with Crippen molar-refractivity contribution >= 4 is 23.1 Å². The van der Waals surface area contributed by atoms with Crippen molar-refractivity contribution in [2.75, 3.05) is 6.61 Å². The largest absolute Gasteiger partial charge is 0.481 e. The third-order valence-electron chi connectivity index (χ3n) is 1.41. The quantitative estimate of drug-likeness (QED) is 0.431. The first kappa shape index (κ1) is 10.4. The molecular formula is C10H6FNOS. The van der Waals surface area contributed by atoms with Crippen LogP contribution in [0.3, 0.4) is 0 Å². The van der Waals surface area contributed by atoms with Crippen LogP contribution in [-0.4, -0.2) is 11.8 Å². The maximum atomic E-state index is 13.0. The molecule has 0 N–H and O–H groups in total. The number of halogens is 1. The Kier molecular flexibility index (Phi) is 3.81. The van der Waals surface area contributed by atoms with Gasteiger partial charge in [0.25, 0.3) is 0 Å². The molecule has 0 heterocycles. The molecular weight excluding hydrogens is 201 g/mol. The van der Waals surface area contributed by atoms with Crippen molar-refractivity contribution in [3.05, 3.63) is 24.0 Å². The molecule has 0 aliphatic carbocycles. The maximum absolute atomic E-state index is 13.0. The Morgan fingerprint density at radius 1 is 1.57 bits per heavy atom. The highest BCUT2D eigenvalue weighted by atomic mass is 32.1. The Labute approximate surface area is 86.4 Å². The molecule has 4 heteroatoms. The van der Waals surface area contributed by atoms with Crippen molar-refractivity contribution in [2.24, 2.45) is 4.99 Å². The van der Waals surface area contributed by atoms with E-state index in [1.807, 2.05) is 0 Å². The predicted molar refractivity (Wildman–Crippen MR) is 55.4 cm³/mol. The Morgan fingerprint density at radius 2 is 2.36 bits per heavy atom. The molecule has 70 valence electrons. The summed E-state index contributed by atoms with van der Waals surface area (Å²) in [6.07, 6.45) is 5.00. The second-order valence-electron chi connectivity index (χ2n) is 2.31. The van der Waals surface area contributed by atoms with Gasteiger partial charge in [-0.2, -0.15) is 4.99 Å². The Hall–Kier alpha value is -1.69. The third-order valence-corrected chi connectivity index (χ3v) is 1.50. The van der Waals surface area contributed by atoms with Crippen LogP contribution in [0.5, 0.6) is 5.75 Å². The summed E-state index contributed by atoms with van der Waals surface area (Å²) in [6.45, 7) is 0.131. The van der Waals surface area contributed by atoms with Gasteiger partial charge in [0, 0.05) is 6.07 Å². The molecule has 0 saturated heterocycles. The normalized spacial score (nSPS) is 8.57. The molecule has 1 aromatic carbocycles. The lowest BCUT2D eigenvalue weighted by molar-refractivity contribution is 0.370. The lowest BCUT2D eigenvalue weighted by Crippen LogP contribution is -1.93. The highest BCUT2D eigenvalue weighted by Crippen LogP contribution is 2.23. The Morgan fingerprint density at radius 3 is 3.00 bits per heavy atom. The van der Waals surface area contributed by atoms with Gasteiger partial charge in [0.1, 0.15) is 23.9 Å². The maximum Gasteiger partial charge on any atom is 0.149 e. The van der Waals surface area contributed by atoms with Crippen LogP contribution >= 0.6 is 12.2 Å². The van der Waals surface area contributed by atoms with E-state index in [9.17, 15) is 4.39 Å². The van der Waals surface area contributed by atoms with Crippen molar-refractivity contribution in [1.29, 1.82) is 0 Å². The van der Waals surface area contributed by atoms with E-state index in [-0.39, 0.29) is 12.3 Å². The van der Waals surface area contributed by atoms with Gasteiger partial charge in [-0.3, -0.25) is 0 Å². The lowest BCUT2D eigenvalue weighted by Gasteiger charge is -2.02. The van der Waals surface area contributed by atoms with Crippen LogP contribution in [0.2, 0.25) is 0 Å². The minimum absolute atomic E-state index is 0.0921. The van der Waals surface area contributed by atoms with Crippen LogP contribution in [0.4, 0.5) is 10.1 Å². The van der Waals surface area contributed by atoms with Crippen LogP contribution in [-0.2, 0) is 0 Å². The lowest BCUT2D eigenvalue weighted by atomic mass is 10.3. The fourth-order valence-electron chi connectivity index (χ4n) is 0.842. The van der Waals surface area contributed by atoms with Gasteiger partial charge in [-0.25, -0.2) is 4.39 Å². The fraction of sp³-hybridized carbons (Fsp3) is 0.100. The second-order valence-corrected chi connectivity index (χ2v) is 2.49. The number of ether oxygens (including phenoxy) is 1. The van der Waals surface area contributed by atoms with Gasteiger partial charge in [0.15, 0.2) is 0 Å². The first-order valence-corrected chi connectivity index (χ1v) is 4.12. The molecule has 0 radical (unpaired) electrons.